The molecular weight excluding hydrogens is 581 g/mol. The van der Waals surface area contributed by atoms with Crippen molar-refractivity contribution in [2.45, 2.75) is 0 Å². The molecule has 0 N–H and O–H groups in total. The Morgan fingerprint density at radius 3 is 2.00 bits per heavy atom. The molecule has 222 valence electrons. The predicted molar refractivity (Wildman–Crippen MR) is 202 cm³/mol. The number of hydrogen-bond acceptors (Lipinski definition) is 1. The Hall–Kier alpha value is -6.38. The molecular formula is C46H28N2. The van der Waals surface area contributed by atoms with Crippen LogP contribution in [-0.4, -0.2) is 4.57 Å². The molecule has 8 aromatic carbocycles. The molecule has 2 heteroatoms. The number of nitrogens with zero attached hydrogens (tertiary/aromatic N) is 2. The van der Waals surface area contributed by atoms with E-state index in [1.54, 1.807) is 0 Å². The van der Waals surface area contributed by atoms with E-state index in [1.165, 1.54) is 88.3 Å². The Balaban J connectivity index is 1.18. The second-order valence-corrected chi connectivity index (χ2v) is 13.0. The van der Waals surface area contributed by atoms with Crippen LogP contribution in [-0.2, 0) is 0 Å². The highest BCUT2D eigenvalue weighted by atomic mass is 15.3. The van der Waals surface area contributed by atoms with Crippen molar-refractivity contribution in [3.63, 3.8) is 0 Å². The van der Waals surface area contributed by atoms with E-state index in [4.69, 9.17) is 0 Å². The fourth-order valence-corrected chi connectivity index (χ4v) is 8.35. The van der Waals surface area contributed by atoms with Crippen molar-refractivity contribution in [1.82, 2.24) is 4.57 Å². The molecule has 1 aliphatic heterocycles. The second-order valence-electron chi connectivity index (χ2n) is 13.0. The minimum absolute atomic E-state index is 1.13. The van der Waals surface area contributed by atoms with Gasteiger partial charge in [-0.25, -0.2) is 0 Å². The number of aromatic nitrogens is 1. The van der Waals surface area contributed by atoms with E-state index < -0.39 is 0 Å². The standard InChI is InChI=1S/C46H28N2/c1-3-16-35-29(11-1)23-24-40-38-19-6-8-22-43(38)47(44-28-31-12-2-7-21-42(31)48(44)46(35)40)34-15-9-13-30(26-34)33-25-32-14-10-20-39-36-17-4-5-18-37(36)41(27-33)45(32)39/h1-28H. The third-order valence-electron chi connectivity index (χ3n) is 10.4. The highest BCUT2D eigenvalue weighted by molar-refractivity contribution is 6.16. The lowest BCUT2D eigenvalue weighted by atomic mass is 9.95. The molecule has 11 rings (SSSR count). The summed E-state index contributed by atoms with van der Waals surface area (Å²) in [5.74, 6) is 1.13. The molecule has 0 saturated heterocycles. The van der Waals surface area contributed by atoms with E-state index in [-0.39, 0.29) is 0 Å². The zero-order valence-electron chi connectivity index (χ0n) is 26.1. The fraction of sp³-hybridized carbons (Fsp3) is 0. The van der Waals surface area contributed by atoms with Crippen molar-refractivity contribution in [2.24, 2.45) is 0 Å². The zero-order chi connectivity index (χ0) is 31.3. The van der Waals surface area contributed by atoms with Crippen molar-refractivity contribution in [1.29, 1.82) is 0 Å². The van der Waals surface area contributed by atoms with Crippen molar-refractivity contribution in [3.05, 3.63) is 170 Å². The maximum absolute atomic E-state index is 2.48. The van der Waals surface area contributed by atoms with Crippen LogP contribution in [0, 0.1) is 0 Å². The van der Waals surface area contributed by atoms with E-state index in [2.05, 4.69) is 179 Å². The molecule has 0 unspecified atom stereocenters. The van der Waals surface area contributed by atoms with Gasteiger partial charge >= 0.3 is 0 Å². The second kappa shape index (κ2) is 9.57. The Morgan fingerprint density at radius 2 is 1.08 bits per heavy atom. The number of rotatable bonds is 2. The summed E-state index contributed by atoms with van der Waals surface area (Å²) in [4.78, 5) is 2.46. The van der Waals surface area contributed by atoms with Crippen LogP contribution in [0.3, 0.4) is 0 Å². The summed E-state index contributed by atoms with van der Waals surface area (Å²) in [5.41, 5.74) is 14.9. The van der Waals surface area contributed by atoms with Gasteiger partial charge in [-0.05, 0) is 92.0 Å². The van der Waals surface area contributed by atoms with E-state index in [9.17, 15) is 0 Å². The predicted octanol–water partition coefficient (Wildman–Crippen LogP) is 12.7. The minimum Gasteiger partial charge on any atom is -0.295 e. The normalized spacial score (nSPS) is 12.5. The first kappa shape index (κ1) is 25.8. The van der Waals surface area contributed by atoms with Gasteiger partial charge < -0.3 is 0 Å². The SMILES string of the molecule is c1cc(-c2cc3c4c(cccc4c2)-c2ccccc2-3)cc(N2c3ccccc3-c3ccc4ccccc4c3-n3c2cc2ccccc23)c1. The lowest BCUT2D eigenvalue weighted by molar-refractivity contribution is 1.10. The molecule has 1 aromatic heterocycles. The summed E-state index contributed by atoms with van der Waals surface area (Å²) < 4.78 is 2.48. The van der Waals surface area contributed by atoms with Gasteiger partial charge in [0.1, 0.15) is 5.82 Å². The maximum atomic E-state index is 2.48. The van der Waals surface area contributed by atoms with Gasteiger partial charge in [0.25, 0.3) is 0 Å². The van der Waals surface area contributed by atoms with Gasteiger partial charge in [0.2, 0.25) is 0 Å². The van der Waals surface area contributed by atoms with Crippen molar-refractivity contribution in [3.8, 4) is 50.2 Å². The summed E-state index contributed by atoms with van der Waals surface area (Å²) in [6.45, 7) is 0. The summed E-state index contributed by atoms with van der Waals surface area (Å²) in [6.07, 6.45) is 0. The molecule has 9 aromatic rings. The quantitative estimate of drug-likeness (QED) is 0.190. The van der Waals surface area contributed by atoms with Crippen molar-refractivity contribution in [2.75, 3.05) is 4.90 Å². The molecule has 0 bridgehead atoms. The average Bonchev–Trinajstić information content (AvgIpc) is 3.64. The first-order chi connectivity index (χ1) is 23.8. The lowest BCUT2D eigenvalue weighted by Crippen LogP contribution is -2.13. The first-order valence-electron chi connectivity index (χ1n) is 16.6. The van der Waals surface area contributed by atoms with Crippen LogP contribution in [0.1, 0.15) is 0 Å². The van der Waals surface area contributed by atoms with Gasteiger partial charge in [-0.3, -0.25) is 9.47 Å². The van der Waals surface area contributed by atoms with Crippen molar-refractivity contribution < 1.29 is 0 Å². The number of hydrogen-bond donors (Lipinski definition) is 0. The molecule has 1 aliphatic carbocycles. The maximum Gasteiger partial charge on any atom is 0.123 e. The lowest BCUT2D eigenvalue weighted by Gasteiger charge is -2.26. The van der Waals surface area contributed by atoms with E-state index in [0.29, 0.717) is 0 Å². The topological polar surface area (TPSA) is 8.17 Å². The van der Waals surface area contributed by atoms with E-state index in [0.717, 1.165) is 11.5 Å². The molecule has 0 radical (unpaired) electrons. The van der Waals surface area contributed by atoms with E-state index in [1.807, 2.05) is 0 Å². The van der Waals surface area contributed by atoms with Crippen LogP contribution < -0.4 is 4.90 Å². The van der Waals surface area contributed by atoms with Gasteiger partial charge in [-0.2, -0.15) is 0 Å². The molecule has 0 spiro atoms. The molecule has 0 fully saturated rings. The van der Waals surface area contributed by atoms with Gasteiger partial charge in [0.15, 0.2) is 0 Å². The molecule has 2 nitrogen and oxygen atoms in total. The molecule has 0 atom stereocenters. The Bertz CT molecular complexity index is 2800. The highest BCUT2D eigenvalue weighted by Crippen LogP contribution is 2.52. The largest absolute Gasteiger partial charge is 0.295 e. The third kappa shape index (κ3) is 3.46. The Labute approximate surface area is 278 Å². The van der Waals surface area contributed by atoms with Gasteiger partial charge in [-0.15, -0.1) is 0 Å². The van der Waals surface area contributed by atoms with Crippen LogP contribution in [0.5, 0.6) is 0 Å². The molecule has 0 amide bonds. The number of anilines is 3. The van der Waals surface area contributed by atoms with Crippen LogP contribution in [0.2, 0.25) is 0 Å². The van der Waals surface area contributed by atoms with Crippen LogP contribution in [0.15, 0.2) is 170 Å². The van der Waals surface area contributed by atoms with Gasteiger partial charge in [0.05, 0.1) is 16.9 Å². The summed E-state index contributed by atoms with van der Waals surface area (Å²) >= 11 is 0. The smallest absolute Gasteiger partial charge is 0.123 e. The Kier molecular flexibility index (Phi) is 5.14. The number of benzene rings is 8. The Morgan fingerprint density at radius 1 is 0.375 bits per heavy atom. The summed E-state index contributed by atoms with van der Waals surface area (Å²) in [7, 11) is 0. The average molecular weight is 609 g/mol. The van der Waals surface area contributed by atoms with Crippen molar-refractivity contribution >= 4 is 49.6 Å². The number of para-hydroxylation sites is 2. The molecule has 2 aliphatic rings. The molecule has 0 saturated carbocycles. The zero-order valence-corrected chi connectivity index (χ0v) is 26.1. The minimum atomic E-state index is 1.13. The summed E-state index contributed by atoms with van der Waals surface area (Å²) in [6, 6.07) is 62.7. The highest BCUT2D eigenvalue weighted by Gasteiger charge is 2.29. The van der Waals surface area contributed by atoms with Crippen LogP contribution >= 0.6 is 0 Å². The number of fused-ring (bicyclic) bond motifs is 12. The van der Waals surface area contributed by atoms with Crippen LogP contribution in [0.4, 0.5) is 17.2 Å². The third-order valence-corrected chi connectivity index (χ3v) is 10.4. The summed E-state index contributed by atoms with van der Waals surface area (Å²) in [5, 5.41) is 6.34. The monoisotopic (exact) mass is 608 g/mol. The van der Waals surface area contributed by atoms with Gasteiger partial charge in [0, 0.05) is 27.6 Å². The fourth-order valence-electron chi connectivity index (χ4n) is 8.35. The van der Waals surface area contributed by atoms with Crippen LogP contribution in [0.25, 0.3) is 82.6 Å². The molecule has 2 heterocycles. The van der Waals surface area contributed by atoms with Gasteiger partial charge in [-0.1, -0.05) is 127 Å². The molecule has 48 heavy (non-hydrogen) atoms. The van der Waals surface area contributed by atoms with E-state index >= 15 is 0 Å². The first-order valence-corrected chi connectivity index (χ1v) is 16.6.